The Morgan fingerprint density at radius 3 is 1.45 bits per heavy atom. The van der Waals surface area contributed by atoms with Crippen LogP contribution in [0.4, 0.5) is 0 Å². The molecule has 0 radical (unpaired) electrons. The van der Waals surface area contributed by atoms with Gasteiger partial charge in [0.1, 0.15) is 22.3 Å². The van der Waals surface area contributed by atoms with Crippen LogP contribution in [-0.4, -0.2) is 15.0 Å². The van der Waals surface area contributed by atoms with Gasteiger partial charge in [0, 0.05) is 56.2 Å². The van der Waals surface area contributed by atoms with Crippen molar-refractivity contribution < 1.29 is 8.83 Å². The summed E-state index contributed by atoms with van der Waals surface area (Å²) >= 11 is 0. The first-order chi connectivity index (χ1) is 27.7. The monoisotopic (exact) mass is 717 g/mol. The number of benzene rings is 7. The number of aromatic nitrogens is 3. The molecule has 0 aliphatic rings. The molecule has 7 aromatic carbocycles. The molecular formula is C51H31N3O2. The fraction of sp³-hybridized carbons (Fsp3) is 0. The molecule has 4 aromatic heterocycles. The molecule has 4 heterocycles. The van der Waals surface area contributed by atoms with Crippen LogP contribution in [0.5, 0.6) is 0 Å². The highest BCUT2D eigenvalue weighted by Crippen LogP contribution is 2.39. The van der Waals surface area contributed by atoms with Gasteiger partial charge in [-0.05, 0) is 101 Å². The normalized spacial score (nSPS) is 11.6. The SMILES string of the molecule is c1ccc(-c2cc(-c3cc(-c4ccc5oc6ccccc6c5c4)cc(-c4ccc5oc6ccccc6c5c4)c3)nc(-c3cccc(-c4cccnc4)c3)n2)cc1. The van der Waals surface area contributed by atoms with E-state index < -0.39 is 0 Å². The van der Waals surface area contributed by atoms with Crippen LogP contribution < -0.4 is 0 Å². The van der Waals surface area contributed by atoms with Gasteiger partial charge in [0.15, 0.2) is 5.82 Å². The van der Waals surface area contributed by atoms with Gasteiger partial charge in [0.2, 0.25) is 0 Å². The second-order valence-corrected chi connectivity index (χ2v) is 14.1. The molecule has 0 aliphatic heterocycles. The summed E-state index contributed by atoms with van der Waals surface area (Å²) in [5.74, 6) is 0.650. The van der Waals surface area contributed by atoms with E-state index >= 15 is 0 Å². The van der Waals surface area contributed by atoms with Crippen molar-refractivity contribution in [1.29, 1.82) is 0 Å². The Morgan fingerprint density at radius 2 is 0.804 bits per heavy atom. The topological polar surface area (TPSA) is 65.0 Å². The van der Waals surface area contributed by atoms with Gasteiger partial charge in [-0.25, -0.2) is 9.97 Å². The largest absolute Gasteiger partial charge is 0.456 e. The number of para-hydroxylation sites is 2. The lowest BCUT2D eigenvalue weighted by atomic mass is 9.93. The second-order valence-electron chi connectivity index (χ2n) is 14.1. The van der Waals surface area contributed by atoms with Gasteiger partial charge in [-0.1, -0.05) is 103 Å². The molecule has 5 heteroatoms. The Kier molecular flexibility index (Phi) is 7.42. The van der Waals surface area contributed by atoms with Crippen LogP contribution in [0.1, 0.15) is 0 Å². The molecule has 0 N–H and O–H groups in total. The minimum Gasteiger partial charge on any atom is -0.456 e. The molecule has 0 aliphatic carbocycles. The Bertz CT molecular complexity index is 3120. The summed E-state index contributed by atoms with van der Waals surface area (Å²) in [4.78, 5) is 14.8. The van der Waals surface area contributed by atoms with E-state index in [0.717, 1.165) is 105 Å². The highest BCUT2D eigenvalue weighted by molar-refractivity contribution is 6.07. The Labute approximate surface area is 322 Å². The summed E-state index contributed by atoms with van der Waals surface area (Å²) in [5, 5.41) is 4.36. The number of hydrogen-bond acceptors (Lipinski definition) is 5. The zero-order valence-corrected chi connectivity index (χ0v) is 30.1. The molecule has 0 amide bonds. The number of fused-ring (bicyclic) bond motifs is 6. The predicted molar refractivity (Wildman–Crippen MR) is 227 cm³/mol. The molecule has 11 aromatic rings. The smallest absolute Gasteiger partial charge is 0.160 e. The van der Waals surface area contributed by atoms with E-state index in [1.54, 1.807) is 6.20 Å². The van der Waals surface area contributed by atoms with Gasteiger partial charge in [-0.2, -0.15) is 0 Å². The van der Waals surface area contributed by atoms with Crippen LogP contribution in [-0.2, 0) is 0 Å². The van der Waals surface area contributed by atoms with Gasteiger partial charge in [0.05, 0.1) is 11.4 Å². The summed E-state index contributed by atoms with van der Waals surface area (Å²) < 4.78 is 12.4. The van der Waals surface area contributed by atoms with Gasteiger partial charge in [-0.3, -0.25) is 4.98 Å². The minimum atomic E-state index is 0.650. The van der Waals surface area contributed by atoms with Crippen molar-refractivity contribution in [1.82, 2.24) is 15.0 Å². The van der Waals surface area contributed by atoms with E-state index in [1.807, 2.05) is 54.7 Å². The summed E-state index contributed by atoms with van der Waals surface area (Å²) in [6.45, 7) is 0. The molecule has 11 rings (SSSR count). The van der Waals surface area contributed by atoms with Crippen molar-refractivity contribution >= 4 is 43.9 Å². The zero-order chi connectivity index (χ0) is 37.0. The van der Waals surface area contributed by atoms with Crippen LogP contribution in [0.2, 0.25) is 0 Å². The van der Waals surface area contributed by atoms with Crippen LogP contribution >= 0.6 is 0 Å². The van der Waals surface area contributed by atoms with Crippen LogP contribution in [0, 0.1) is 0 Å². The zero-order valence-electron chi connectivity index (χ0n) is 30.1. The first-order valence-corrected chi connectivity index (χ1v) is 18.6. The number of rotatable bonds is 6. The van der Waals surface area contributed by atoms with E-state index in [4.69, 9.17) is 18.8 Å². The van der Waals surface area contributed by atoms with Crippen molar-refractivity contribution in [2.45, 2.75) is 0 Å². The minimum absolute atomic E-state index is 0.650. The van der Waals surface area contributed by atoms with Crippen LogP contribution in [0.15, 0.2) is 197 Å². The first-order valence-electron chi connectivity index (χ1n) is 18.6. The summed E-state index contributed by atoms with van der Waals surface area (Å²) in [6, 6.07) is 60.9. The number of furan rings is 2. The maximum Gasteiger partial charge on any atom is 0.160 e. The summed E-state index contributed by atoms with van der Waals surface area (Å²) in [5.41, 5.74) is 14.5. The highest BCUT2D eigenvalue weighted by Gasteiger charge is 2.16. The molecule has 0 fully saturated rings. The average Bonchev–Trinajstić information content (AvgIpc) is 3.84. The van der Waals surface area contributed by atoms with E-state index in [1.165, 1.54) is 0 Å². The lowest BCUT2D eigenvalue weighted by Crippen LogP contribution is -1.97. The van der Waals surface area contributed by atoms with Crippen molar-refractivity contribution in [3.05, 3.63) is 188 Å². The molecular weight excluding hydrogens is 687 g/mol. The maximum absolute atomic E-state index is 6.22. The molecule has 56 heavy (non-hydrogen) atoms. The Morgan fingerprint density at radius 1 is 0.304 bits per heavy atom. The van der Waals surface area contributed by atoms with Crippen molar-refractivity contribution in [2.24, 2.45) is 0 Å². The second kappa shape index (κ2) is 13.0. The number of pyridine rings is 1. The lowest BCUT2D eigenvalue weighted by Gasteiger charge is -2.14. The van der Waals surface area contributed by atoms with E-state index in [9.17, 15) is 0 Å². The molecule has 0 saturated carbocycles. The van der Waals surface area contributed by atoms with Gasteiger partial charge in [-0.15, -0.1) is 0 Å². The first kappa shape index (κ1) is 31.9. The van der Waals surface area contributed by atoms with Gasteiger partial charge >= 0.3 is 0 Å². The number of nitrogens with zero attached hydrogens (tertiary/aromatic N) is 3. The fourth-order valence-electron chi connectivity index (χ4n) is 7.77. The third-order valence-electron chi connectivity index (χ3n) is 10.6. The van der Waals surface area contributed by atoms with E-state index in [0.29, 0.717) is 5.82 Å². The third kappa shape index (κ3) is 5.62. The van der Waals surface area contributed by atoms with E-state index in [-0.39, 0.29) is 0 Å². The van der Waals surface area contributed by atoms with Crippen molar-refractivity contribution in [3.63, 3.8) is 0 Å². The van der Waals surface area contributed by atoms with Crippen molar-refractivity contribution in [2.75, 3.05) is 0 Å². The highest BCUT2D eigenvalue weighted by atomic mass is 16.3. The fourth-order valence-corrected chi connectivity index (χ4v) is 7.77. The molecule has 0 bridgehead atoms. The standard InChI is InChI=1S/C51H31N3O2/c1-2-10-32(11-3-1)45-30-46(54-51(53-45)36-13-8-12-33(24-36)37-14-9-23-52-31-37)40-26-38(34-19-21-49-43(28-34)41-15-4-6-17-47(41)55-49)25-39(27-40)35-20-22-50-44(29-35)42-16-5-7-18-48(42)56-50/h1-31H. The van der Waals surface area contributed by atoms with E-state index in [2.05, 4.69) is 132 Å². The van der Waals surface area contributed by atoms with Crippen LogP contribution in [0.25, 0.3) is 111 Å². The molecule has 0 saturated heterocycles. The van der Waals surface area contributed by atoms with Gasteiger partial charge < -0.3 is 8.83 Å². The molecule has 0 unspecified atom stereocenters. The quantitative estimate of drug-likeness (QED) is 0.171. The summed E-state index contributed by atoms with van der Waals surface area (Å²) in [7, 11) is 0. The molecule has 5 nitrogen and oxygen atoms in total. The Balaban J connectivity index is 1.13. The number of hydrogen-bond donors (Lipinski definition) is 0. The summed E-state index contributed by atoms with van der Waals surface area (Å²) in [6.07, 6.45) is 3.67. The maximum atomic E-state index is 6.22. The third-order valence-corrected chi connectivity index (χ3v) is 10.6. The molecule has 0 spiro atoms. The Hall–Kier alpha value is -7.63. The predicted octanol–water partition coefficient (Wildman–Crippen LogP) is 13.7. The van der Waals surface area contributed by atoms with Crippen LogP contribution in [0.3, 0.4) is 0 Å². The van der Waals surface area contributed by atoms with Crippen molar-refractivity contribution in [3.8, 4) is 67.3 Å². The molecule has 0 atom stereocenters. The lowest BCUT2D eigenvalue weighted by molar-refractivity contribution is 0.668. The molecule has 262 valence electrons. The van der Waals surface area contributed by atoms with Gasteiger partial charge in [0.25, 0.3) is 0 Å². The average molecular weight is 718 g/mol.